The number of carbonyl (C=O) groups is 1. The molecular formula is C15H14ClN3O2. The van der Waals surface area contributed by atoms with Gasteiger partial charge in [0.2, 0.25) is 0 Å². The minimum Gasteiger partial charge on any atom is -0.478 e. The molecule has 1 aromatic carbocycles. The number of nitrogens with zero attached hydrogens (tertiary/aromatic N) is 3. The van der Waals surface area contributed by atoms with Crippen molar-refractivity contribution >= 4 is 17.6 Å². The normalized spacial score (nSPS) is 10.6. The molecule has 1 heterocycles. The van der Waals surface area contributed by atoms with Gasteiger partial charge in [-0.2, -0.15) is 10.4 Å². The van der Waals surface area contributed by atoms with Gasteiger partial charge in [0.15, 0.2) is 0 Å². The number of halogens is 1. The van der Waals surface area contributed by atoms with E-state index in [1.165, 1.54) is 4.68 Å². The summed E-state index contributed by atoms with van der Waals surface area (Å²) in [5, 5.41) is 22.5. The van der Waals surface area contributed by atoms with Crippen LogP contribution in [0.4, 0.5) is 0 Å². The largest absolute Gasteiger partial charge is 0.478 e. The molecule has 2 aromatic rings. The number of benzene rings is 1. The van der Waals surface area contributed by atoms with Gasteiger partial charge in [-0.15, -0.1) is 0 Å². The second-order valence-corrected chi connectivity index (χ2v) is 5.44. The topological polar surface area (TPSA) is 78.9 Å². The second kappa shape index (κ2) is 5.98. The Balaban J connectivity index is 2.53. The van der Waals surface area contributed by atoms with E-state index < -0.39 is 5.97 Å². The quantitative estimate of drug-likeness (QED) is 0.940. The first-order chi connectivity index (χ1) is 9.93. The predicted octanol–water partition coefficient (Wildman–Crippen LogP) is 3.29. The van der Waals surface area contributed by atoms with Gasteiger partial charge in [0, 0.05) is 0 Å². The van der Waals surface area contributed by atoms with Gasteiger partial charge in [0.05, 0.1) is 23.0 Å². The lowest BCUT2D eigenvalue weighted by Crippen LogP contribution is -2.03. The summed E-state index contributed by atoms with van der Waals surface area (Å²) in [4.78, 5) is 11.4. The zero-order valence-electron chi connectivity index (χ0n) is 11.7. The third-order valence-electron chi connectivity index (χ3n) is 2.96. The molecular weight excluding hydrogens is 290 g/mol. The van der Waals surface area contributed by atoms with Crippen molar-refractivity contribution in [1.29, 1.82) is 5.26 Å². The molecule has 0 saturated heterocycles. The fourth-order valence-corrected chi connectivity index (χ4v) is 2.35. The Labute approximate surface area is 127 Å². The summed E-state index contributed by atoms with van der Waals surface area (Å²) in [6.07, 6.45) is 0.532. The summed E-state index contributed by atoms with van der Waals surface area (Å²) in [7, 11) is 0. The highest BCUT2D eigenvalue weighted by atomic mass is 35.5. The van der Waals surface area contributed by atoms with Gasteiger partial charge in [-0.25, -0.2) is 9.48 Å². The van der Waals surface area contributed by atoms with Crippen molar-refractivity contribution in [1.82, 2.24) is 9.78 Å². The molecule has 0 radical (unpaired) electrons. The zero-order chi connectivity index (χ0) is 15.6. The van der Waals surface area contributed by atoms with Crippen molar-refractivity contribution in [3.8, 4) is 11.8 Å². The van der Waals surface area contributed by atoms with Crippen LogP contribution in [0.2, 0.25) is 5.15 Å². The molecule has 0 saturated carbocycles. The van der Waals surface area contributed by atoms with Crippen molar-refractivity contribution in [3.05, 3.63) is 46.2 Å². The monoisotopic (exact) mass is 303 g/mol. The molecule has 1 N–H and O–H groups in total. The lowest BCUT2D eigenvalue weighted by atomic mass is 10.1. The van der Waals surface area contributed by atoms with Crippen LogP contribution in [0, 0.1) is 17.2 Å². The van der Waals surface area contributed by atoms with E-state index in [9.17, 15) is 9.90 Å². The number of rotatable bonds is 4. The third kappa shape index (κ3) is 3.06. The predicted molar refractivity (Wildman–Crippen MR) is 78.8 cm³/mol. The summed E-state index contributed by atoms with van der Waals surface area (Å²) in [5.74, 6) is -0.820. The molecule has 0 aliphatic heterocycles. The van der Waals surface area contributed by atoms with E-state index in [0.29, 0.717) is 23.4 Å². The molecule has 0 unspecified atom stereocenters. The van der Waals surface area contributed by atoms with E-state index in [-0.39, 0.29) is 16.6 Å². The Bertz CT molecular complexity index is 712. The molecule has 0 bridgehead atoms. The average Bonchev–Trinajstić information content (AvgIpc) is 2.75. The van der Waals surface area contributed by atoms with Crippen LogP contribution in [0.15, 0.2) is 24.3 Å². The first-order valence-electron chi connectivity index (χ1n) is 6.45. The Morgan fingerprint density at radius 3 is 2.52 bits per heavy atom. The summed E-state index contributed by atoms with van der Waals surface area (Å²) in [6.45, 7) is 3.97. The molecule has 5 nitrogen and oxygen atoms in total. The molecule has 0 aliphatic carbocycles. The van der Waals surface area contributed by atoms with Crippen molar-refractivity contribution in [2.24, 2.45) is 5.92 Å². The maximum absolute atomic E-state index is 11.4. The van der Waals surface area contributed by atoms with Crippen LogP contribution < -0.4 is 0 Å². The fraction of sp³-hybridized carbons (Fsp3) is 0.267. The highest BCUT2D eigenvalue weighted by Crippen LogP contribution is 2.25. The van der Waals surface area contributed by atoms with E-state index >= 15 is 0 Å². The molecule has 2 rings (SSSR count). The van der Waals surface area contributed by atoms with Gasteiger partial charge in [0.25, 0.3) is 0 Å². The van der Waals surface area contributed by atoms with Crippen molar-refractivity contribution in [2.75, 3.05) is 0 Å². The third-order valence-corrected chi connectivity index (χ3v) is 3.31. The van der Waals surface area contributed by atoms with Gasteiger partial charge < -0.3 is 5.11 Å². The fourth-order valence-electron chi connectivity index (χ4n) is 2.03. The van der Waals surface area contributed by atoms with Crippen LogP contribution in [0.3, 0.4) is 0 Å². The van der Waals surface area contributed by atoms with Gasteiger partial charge in [-0.05, 0) is 36.6 Å². The Morgan fingerprint density at radius 1 is 1.43 bits per heavy atom. The number of carboxylic acid groups (broad SMARTS) is 1. The van der Waals surface area contributed by atoms with Crippen LogP contribution in [-0.2, 0) is 6.42 Å². The Morgan fingerprint density at radius 2 is 2.05 bits per heavy atom. The van der Waals surface area contributed by atoms with E-state index in [1.54, 1.807) is 24.3 Å². The summed E-state index contributed by atoms with van der Waals surface area (Å²) < 4.78 is 1.39. The van der Waals surface area contributed by atoms with E-state index in [2.05, 4.69) is 5.10 Å². The number of carboxylic acids is 1. The second-order valence-electron chi connectivity index (χ2n) is 5.09. The van der Waals surface area contributed by atoms with Gasteiger partial charge in [0.1, 0.15) is 10.7 Å². The van der Waals surface area contributed by atoms with E-state index in [4.69, 9.17) is 16.9 Å². The van der Waals surface area contributed by atoms with Crippen molar-refractivity contribution < 1.29 is 9.90 Å². The highest BCUT2D eigenvalue weighted by molar-refractivity contribution is 6.33. The number of aromatic carboxylic acids is 1. The average molecular weight is 304 g/mol. The molecule has 108 valence electrons. The van der Waals surface area contributed by atoms with Crippen LogP contribution in [0.25, 0.3) is 5.69 Å². The Hall–Kier alpha value is -2.32. The maximum atomic E-state index is 11.4. The maximum Gasteiger partial charge on any atom is 0.340 e. The smallest absolute Gasteiger partial charge is 0.340 e. The SMILES string of the molecule is CC(C)Cc1nn(-c2ccc(C#N)cc2)c(Cl)c1C(=O)O. The number of nitriles is 1. The van der Waals surface area contributed by atoms with Gasteiger partial charge >= 0.3 is 5.97 Å². The van der Waals surface area contributed by atoms with E-state index in [1.807, 2.05) is 19.9 Å². The van der Waals surface area contributed by atoms with Crippen LogP contribution in [0.1, 0.15) is 35.5 Å². The molecule has 0 atom stereocenters. The van der Waals surface area contributed by atoms with Crippen molar-refractivity contribution in [2.45, 2.75) is 20.3 Å². The molecule has 21 heavy (non-hydrogen) atoms. The minimum atomic E-state index is -1.09. The Kier molecular flexibility index (Phi) is 4.29. The summed E-state index contributed by atoms with van der Waals surface area (Å²) in [6, 6.07) is 8.66. The van der Waals surface area contributed by atoms with Crippen LogP contribution >= 0.6 is 11.6 Å². The molecule has 0 spiro atoms. The van der Waals surface area contributed by atoms with E-state index in [0.717, 1.165) is 0 Å². The number of hydrogen-bond donors (Lipinski definition) is 1. The summed E-state index contributed by atoms with van der Waals surface area (Å²) in [5.41, 5.74) is 1.64. The molecule has 0 fully saturated rings. The molecule has 1 aromatic heterocycles. The minimum absolute atomic E-state index is 0.0368. The van der Waals surface area contributed by atoms with Crippen LogP contribution in [-0.4, -0.2) is 20.9 Å². The molecule has 0 aliphatic rings. The highest BCUT2D eigenvalue weighted by Gasteiger charge is 2.23. The zero-order valence-corrected chi connectivity index (χ0v) is 12.4. The summed E-state index contributed by atoms with van der Waals surface area (Å²) >= 11 is 6.17. The van der Waals surface area contributed by atoms with Crippen molar-refractivity contribution in [3.63, 3.8) is 0 Å². The number of hydrogen-bond acceptors (Lipinski definition) is 3. The number of aromatic nitrogens is 2. The van der Waals surface area contributed by atoms with Gasteiger partial charge in [-0.3, -0.25) is 0 Å². The first kappa shape index (κ1) is 15.1. The lowest BCUT2D eigenvalue weighted by molar-refractivity contribution is 0.0695. The van der Waals surface area contributed by atoms with Gasteiger partial charge in [-0.1, -0.05) is 25.4 Å². The first-order valence-corrected chi connectivity index (χ1v) is 6.83. The van der Waals surface area contributed by atoms with Crippen LogP contribution in [0.5, 0.6) is 0 Å². The standard InChI is InChI=1S/C15H14ClN3O2/c1-9(2)7-12-13(15(20)21)14(16)19(18-12)11-5-3-10(8-17)4-6-11/h3-6,9H,7H2,1-2H3,(H,20,21). The molecule has 0 amide bonds. The molecule has 6 heteroatoms. The lowest BCUT2D eigenvalue weighted by Gasteiger charge is -2.03.